The SMILES string of the molecule is CCN(CC1COc2ccccc2O1)C(=O)c1cccc(CS(C)(=O)=O)c1. The summed E-state index contributed by atoms with van der Waals surface area (Å²) in [7, 11) is -3.16. The van der Waals surface area contributed by atoms with E-state index in [2.05, 4.69) is 0 Å². The monoisotopic (exact) mass is 389 g/mol. The van der Waals surface area contributed by atoms with Gasteiger partial charge < -0.3 is 14.4 Å². The van der Waals surface area contributed by atoms with Crippen molar-refractivity contribution >= 4 is 15.7 Å². The first kappa shape index (κ1) is 19.2. The van der Waals surface area contributed by atoms with E-state index < -0.39 is 9.84 Å². The number of hydrogen-bond acceptors (Lipinski definition) is 5. The molecule has 0 radical (unpaired) electrons. The lowest BCUT2D eigenvalue weighted by molar-refractivity contribution is 0.0475. The molecule has 0 aromatic heterocycles. The molecule has 0 N–H and O–H groups in total. The normalized spacial score (nSPS) is 16.0. The Bertz CT molecular complexity index is 925. The average molecular weight is 389 g/mol. The fourth-order valence-corrected chi connectivity index (χ4v) is 3.82. The summed E-state index contributed by atoms with van der Waals surface area (Å²) in [5, 5.41) is 0. The van der Waals surface area contributed by atoms with Crippen LogP contribution in [-0.4, -0.2) is 51.3 Å². The van der Waals surface area contributed by atoms with Gasteiger partial charge >= 0.3 is 0 Å². The van der Waals surface area contributed by atoms with E-state index in [-0.39, 0.29) is 17.8 Å². The van der Waals surface area contributed by atoms with Crippen molar-refractivity contribution in [1.29, 1.82) is 0 Å². The molecule has 0 fully saturated rings. The maximum absolute atomic E-state index is 12.9. The molecule has 1 amide bonds. The third-order valence-corrected chi connectivity index (χ3v) is 5.12. The van der Waals surface area contributed by atoms with E-state index in [4.69, 9.17) is 9.47 Å². The van der Waals surface area contributed by atoms with Gasteiger partial charge in [-0.25, -0.2) is 8.42 Å². The van der Waals surface area contributed by atoms with Crippen molar-refractivity contribution < 1.29 is 22.7 Å². The molecular formula is C20H23NO5S. The number of carbonyl (C=O) groups is 1. The van der Waals surface area contributed by atoms with E-state index in [9.17, 15) is 13.2 Å². The molecule has 3 rings (SSSR count). The van der Waals surface area contributed by atoms with Gasteiger partial charge in [-0.05, 0) is 36.8 Å². The maximum atomic E-state index is 12.9. The molecule has 1 aliphatic rings. The van der Waals surface area contributed by atoms with Gasteiger partial charge in [0.25, 0.3) is 5.91 Å². The van der Waals surface area contributed by atoms with Gasteiger partial charge in [-0.3, -0.25) is 4.79 Å². The Hall–Kier alpha value is -2.54. The summed E-state index contributed by atoms with van der Waals surface area (Å²) >= 11 is 0. The number of amides is 1. The predicted molar refractivity (Wildman–Crippen MR) is 103 cm³/mol. The Morgan fingerprint density at radius 2 is 1.89 bits per heavy atom. The third-order valence-electron chi connectivity index (χ3n) is 4.26. The van der Waals surface area contributed by atoms with E-state index in [0.717, 1.165) is 0 Å². The minimum Gasteiger partial charge on any atom is -0.486 e. The van der Waals surface area contributed by atoms with Crippen LogP contribution in [0.25, 0.3) is 0 Å². The molecule has 0 spiro atoms. The van der Waals surface area contributed by atoms with Crippen molar-refractivity contribution in [2.45, 2.75) is 18.8 Å². The maximum Gasteiger partial charge on any atom is 0.253 e. The lowest BCUT2D eigenvalue weighted by Crippen LogP contribution is -2.43. The van der Waals surface area contributed by atoms with Crippen LogP contribution < -0.4 is 9.47 Å². The van der Waals surface area contributed by atoms with Gasteiger partial charge in [-0.15, -0.1) is 0 Å². The molecule has 0 saturated carbocycles. The van der Waals surface area contributed by atoms with Crippen LogP contribution in [0.5, 0.6) is 11.5 Å². The third kappa shape index (κ3) is 5.01. The molecule has 0 saturated heterocycles. The number of likely N-dealkylation sites (N-methyl/N-ethyl adjacent to an activating group) is 1. The van der Waals surface area contributed by atoms with Crippen molar-refractivity contribution in [3.63, 3.8) is 0 Å². The van der Waals surface area contributed by atoms with Gasteiger partial charge in [-0.1, -0.05) is 24.3 Å². The van der Waals surface area contributed by atoms with Crippen LogP contribution in [0.4, 0.5) is 0 Å². The number of ether oxygens (including phenoxy) is 2. The van der Waals surface area contributed by atoms with Crippen LogP contribution in [0.15, 0.2) is 48.5 Å². The van der Waals surface area contributed by atoms with Crippen LogP contribution in [0.3, 0.4) is 0 Å². The summed E-state index contributed by atoms with van der Waals surface area (Å²) in [5.74, 6) is 1.13. The average Bonchev–Trinajstić information content (AvgIpc) is 2.64. The fraction of sp³-hybridized carbons (Fsp3) is 0.350. The number of nitrogens with zero attached hydrogens (tertiary/aromatic N) is 1. The van der Waals surface area contributed by atoms with Crippen molar-refractivity contribution in [2.24, 2.45) is 0 Å². The zero-order valence-electron chi connectivity index (χ0n) is 15.4. The summed E-state index contributed by atoms with van der Waals surface area (Å²) in [5.41, 5.74) is 1.07. The molecule has 27 heavy (non-hydrogen) atoms. The number of rotatable bonds is 6. The Kier molecular flexibility index (Phi) is 5.70. The van der Waals surface area contributed by atoms with E-state index in [1.165, 1.54) is 6.26 Å². The van der Waals surface area contributed by atoms with Crippen molar-refractivity contribution in [2.75, 3.05) is 26.0 Å². The largest absolute Gasteiger partial charge is 0.486 e. The Labute approximate surface area is 159 Å². The number of sulfone groups is 1. The van der Waals surface area contributed by atoms with Crippen LogP contribution in [0.2, 0.25) is 0 Å². The molecular weight excluding hydrogens is 366 g/mol. The quantitative estimate of drug-likeness (QED) is 0.759. The van der Waals surface area contributed by atoms with E-state index in [0.29, 0.717) is 42.3 Å². The van der Waals surface area contributed by atoms with Crippen molar-refractivity contribution in [3.8, 4) is 11.5 Å². The molecule has 1 unspecified atom stereocenters. The second kappa shape index (κ2) is 8.00. The summed E-state index contributed by atoms with van der Waals surface area (Å²) in [4.78, 5) is 14.6. The first-order valence-corrected chi connectivity index (χ1v) is 10.9. The highest BCUT2D eigenvalue weighted by atomic mass is 32.2. The molecule has 0 bridgehead atoms. The molecule has 0 aliphatic carbocycles. The zero-order chi connectivity index (χ0) is 19.4. The highest BCUT2D eigenvalue weighted by Gasteiger charge is 2.25. The fourth-order valence-electron chi connectivity index (χ4n) is 3.03. The molecule has 7 heteroatoms. The molecule has 144 valence electrons. The Morgan fingerprint density at radius 1 is 1.15 bits per heavy atom. The molecule has 6 nitrogen and oxygen atoms in total. The molecule has 2 aromatic rings. The van der Waals surface area contributed by atoms with Crippen LogP contribution in [-0.2, 0) is 15.6 Å². The number of fused-ring (bicyclic) bond motifs is 1. The van der Waals surface area contributed by atoms with Gasteiger partial charge in [-0.2, -0.15) is 0 Å². The standard InChI is InChI=1S/C20H23NO5S/c1-3-21(12-17-13-25-18-9-4-5-10-19(18)26-17)20(22)16-8-6-7-15(11-16)14-27(2,23)24/h4-11,17H,3,12-14H2,1-2H3. The second-order valence-electron chi connectivity index (χ2n) is 6.61. The summed E-state index contributed by atoms with van der Waals surface area (Å²) in [6.45, 7) is 3.17. The van der Waals surface area contributed by atoms with Crippen molar-refractivity contribution in [3.05, 3.63) is 59.7 Å². The van der Waals surface area contributed by atoms with Gasteiger partial charge in [0, 0.05) is 18.4 Å². The smallest absolute Gasteiger partial charge is 0.253 e. The van der Waals surface area contributed by atoms with Gasteiger partial charge in [0.2, 0.25) is 0 Å². The Balaban J connectivity index is 1.71. The summed E-state index contributed by atoms with van der Waals surface area (Å²) in [6.07, 6.45) is 0.918. The summed E-state index contributed by atoms with van der Waals surface area (Å²) < 4.78 is 34.7. The first-order valence-electron chi connectivity index (χ1n) is 8.80. The second-order valence-corrected chi connectivity index (χ2v) is 8.75. The first-order chi connectivity index (χ1) is 12.9. The molecule has 1 aliphatic heterocycles. The minimum absolute atomic E-state index is 0.0867. The van der Waals surface area contributed by atoms with Crippen molar-refractivity contribution in [1.82, 2.24) is 4.90 Å². The van der Waals surface area contributed by atoms with Crippen LogP contribution in [0, 0.1) is 0 Å². The number of carbonyl (C=O) groups excluding carboxylic acids is 1. The minimum atomic E-state index is -3.16. The summed E-state index contributed by atoms with van der Waals surface area (Å²) in [6, 6.07) is 14.2. The topological polar surface area (TPSA) is 72.9 Å². The van der Waals surface area contributed by atoms with E-state index >= 15 is 0 Å². The van der Waals surface area contributed by atoms with E-state index in [1.807, 2.05) is 31.2 Å². The molecule has 1 heterocycles. The number of para-hydroxylation sites is 2. The zero-order valence-corrected chi connectivity index (χ0v) is 16.2. The lowest BCUT2D eigenvalue weighted by Gasteiger charge is -2.31. The van der Waals surface area contributed by atoms with Crippen LogP contribution in [0.1, 0.15) is 22.8 Å². The van der Waals surface area contributed by atoms with Gasteiger partial charge in [0.15, 0.2) is 27.4 Å². The lowest BCUT2D eigenvalue weighted by atomic mass is 10.1. The van der Waals surface area contributed by atoms with Gasteiger partial charge in [0.1, 0.15) is 6.61 Å². The predicted octanol–water partition coefficient (Wildman–Crippen LogP) is 2.53. The van der Waals surface area contributed by atoms with Gasteiger partial charge in [0.05, 0.1) is 12.3 Å². The van der Waals surface area contributed by atoms with E-state index in [1.54, 1.807) is 29.2 Å². The van der Waals surface area contributed by atoms with Crippen LogP contribution >= 0.6 is 0 Å². The number of hydrogen-bond donors (Lipinski definition) is 0. The Morgan fingerprint density at radius 3 is 2.59 bits per heavy atom. The number of benzene rings is 2. The molecule has 2 aromatic carbocycles. The highest BCUT2D eigenvalue weighted by Crippen LogP contribution is 2.31. The highest BCUT2D eigenvalue weighted by molar-refractivity contribution is 7.89. The molecule has 1 atom stereocenters.